The summed E-state index contributed by atoms with van der Waals surface area (Å²) in [5, 5.41) is 2.88. The molecule has 2 aromatic carbocycles. The fourth-order valence-corrected chi connectivity index (χ4v) is 2.55. The van der Waals surface area contributed by atoms with Crippen LogP contribution in [0, 0.1) is 12.7 Å². The quantitative estimate of drug-likeness (QED) is 0.850. The molecule has 0 fully saturated rings. The Labute approximate surface area is 138 Å². The molecule has 0 radical (unpaired) electrons. The molecule has 0 bridgehead atoms. The van der Waals surface area contributed by atoms with Crippen molar-refractivity contribution < 1.29 is 18.7 Å². The summed E-state index contributed by atoms with van der Waals surface area (Å²) in [4.78, 5) is 23.5. The minimum Gasteiger partial charge on any atom is -0.495 e. The molecule has 0 spiro atoms. The molecule has 0 aromatic heterocycles. The average Bonchev–Trinajstić information content (AvgIpc) is 2.46. The lowest BCUT2D eigenvalue weighted by Crippen LogP contribution is -2.13. The fraction of sp³-hybridized carbons (Fsp3) is 0.176. The van der Waals surface area contributed by atoms with Crippen molar-refractivity contribution in [3.05, 3.63) is 57.9 Å². The second-order valence-corrected chi connectivity index (χ2v) is 5.42. The second kappa shape index (κ2) is 6.79. The zero-order valence-electron chi connectivity index (χ0n) is 12.9. The monoisotopic (exact) mass is 335 g/mol. The number of methoxy groups -OCH3 is 1. The zero-order chi connectivity index (χ0) is 17.1. The Morgan fingerprint density at radius 1 is 1.22 bits per heavy atom. The molecular weight excluding hydrogens is 321 g/mol. The van der Waals surface area contributed by atoms with Gasteiger partial charge in [0.1, 0.15) is 11.6 Å². The van der Waals surface area contributed by atoms with Crippen molar-refractivity contribution >= 4 is 29.0 Å². The molecule has 23 heavy (non-hydrogen) atoms. The molecule has 2 aromatic rings. The van der Waals surface area contributed by atoms with E-state index >= 15 is 0 Å². The minimum absolute atomic E-state index is 0.0219. The van der Waals surface area contributed by atoms with E-state index in [0.29, 0.717) is 21.9 Å². The van der Waals surface area contributed by atoms with Crippen LogP contribution in [0.15, 0.2) is 30.3 Å². The van der Waals surface area contributed by atoms with E-state index in [1.165, 1.54) is 32.2 Å². The first-order valence-corrected chi connectivity index (χ1v) is 7.17. The Bertz CT molecular complexity index is 766. The van der Waals surface area contributed by atoms with Gasteiger partial charge in [-0.05, 0) is 49.7 Å². The summed E-state index contributed by atoms with van der Waals surface area (Å²) in [6.07, 6.45) is 0. The standard InChI is InChI=1S/C17H15ClFNO3/c1-9-6-11(7-14(18)16(9)23-3)17(22)20-12-4-5-13(10(2)21)15(19)8-12/h4-8H,1-3H3,(H,20,22). The number of carbonyl (C=O) groups excluding carboxylic acids is 2. The first kappa shape index (κ1) is 17.0. The Hall–Kier alpha value is -2.40. The van der Waals surface area contributed by atoms with Crippen LogP contribution in [-0.4, -0.2) is 18.8 Å². The van der Waals surface area contributed by atoms with Crippen molar-refractivity contribution in [2.24, 2.45) is 0 Å². The first-order chi connectivity index (χ1) is 10.8. The summed E-state index contributed by atoms with van der Waals surface area (Å²) < 4.78 is 18.9. The highest BCUT2D eigenvalue weighted by Gasteiger charge is 2.14. The average molecular weight is 336 g/mol. The van der Waals surface area contributed by atoms with E-state index in [2.05, 4.69) is 5.32 Å². The number of nitrogens with one attached hydrogen (secondary N) is 1. The van der Waals surface area contributed by atoms with E-state index in [4.69, 9.17) is 16.3 Å². The summed E-state index contributed by atoms with van der Waals surface area (Å²) in [5.41, 5.74) is 1.26. The largest absolute Gasteiger partial charge is 0.495 e. The van der Waals surface area contributed by atoms with E-state index in [0.717, 1.165) is 6.07 Å². The highest BCUT2D eigenvalue weighted by molar-refractivity contribution is 6.32. The van der Waals surface area contributed by atoms with Crippen LogP contribution in [0.3, 0.4) is 0 Å². The summed E-state index contributed by atoms with van der Waals surface area (Å²) >= 11 is 6.06. The van der Waals surface area contributed by atoms with Gasteiger partial charge in [0.25, 0.3) is 5.91 Å². The van der Waals surface area contributed by atoms with Gasteiger partial charge in [-0.2, -0.15) is 0 Å². The lowest BCUT2D eigenvalue weighted by Gasteiger charge is -2.11. The van der Waals surface area contributed by atoms with Crippen LogP contribution in [0.25, 0.3) is 0 Å². The SMILES string of the molecule is COc1c(C)cc(C(=O)Nc2ccc(C(C)=O)c(F)c2)cc1Cl. The van der Waals surface area contributed by atoms with Gasteiger partial charge < -0.3 is 10.1 Å². The summed E-state index contributed by atoms with van der Waals surface area (Å²) in [6, 6.07) is 7.01. The molecule has 1 N–H and O–H groups in total. The molecule has 4 nitrogen and oxygen atoms in total. The molecule has 2 rings (SSSR count). The van der Waals surface area contributed by atoms with E-state index in [-0.39, 0.29) is 17.0 Å². The van der Waals surface area contributed by atoms with Crippen molar-refractivity contribution in [2.75, 3.05) is 12.4 Å². The number of ketones is 1. The predicted octanol–water partition coefficient (Wildman–Crippen LogP) is 4.25. The van der Waals surface area contributed by atoms with Gasteiger partial charge in [0.05, 0.1) is 17.7 Å². The number of Topliss-reactive ketones (excluding diaryl/α,β-unsaturated/α-hetero) is 1. The van der Waals surface area contributed by atoms with E-state index in [9.17, 15) is 14.0 Å². The van der Waals surface area contributed by atoms with Crippen molar-refractivity contribution in [1.29, 1.82) is 0 Å². The number of amides is 1. The number of benzene rings is 2. The number of rotatable bonds is 4. The molecule has 1 amide bonds. The van der Waals surface area contributed by atoms with Gasteiger partial charge in [-0.15, -0.1) is 0 Å². The lowest BCUT2D eigenvalue weighted by atomic mass is 10.1. The van der Waals surface area contributed by atoms with Crippen LogP contribution >= 0.6 is 11.6 Å². The molecule has 0 aliphatic carbocycles. The van der Waals surface area contributed by atoms with Crippen molar-refractivity contribution in [1.82, 2.24) is 0 Å². The zero-order valence-corrected chi connectivity index (χ0v) is 13.6. The lowest BCUT2D eigenvalue weighted by molar-refractivity contribution is 0.101. The molecule has 0 aliphatic heterocycles. The number of carbonyl (C=O) groups is 2. The first-order valence-electron chi connectivity index (χ1n) is 6.79. The van der Waals surface area contributed by atoms with E-state index in [1.54, 1.807) is 13.0 Å². The maximum absolute atomic E-state index is 13.8. The molecule has 0 saturated heterocycles. The Morgan fingerprint density at radius 3 is 2.43 bits per heavy atom. The number of hydrogen-bond donors (Lipinski definition) is 1. The third-order valence-corrected chi connectivity index (χ3v) is 3.58. The van der Waals surface area contributed by atoms with E-state index < -0.39 is 11.7 Å². The number of ether oxygens (including phenoxy) is 1. The van der Waals surface area contributed by atoms with Gasteiger partial charge in [0.15, 0.2) is 5.78 Å². The molecule has 0 aliphatic rings. The Balaban J connectivity index is 2.26. The van der Waals surface area contributed by atoms with Crippen molar-refractivity contribution in [3.63, 3.8) is 0 Å². The van der Waals surface area contributed by atoms with Crippen LogP contribution in [0.1, 0.15) is 33.2 Å². The van der Waals surface area contributed by atoms with Crippen LogP contribution in [-0.2, 0) is 0 Å². The normalized spacial score (nSPS) is 10.3. The van der Waals surface area contributed by atoms with Crippen LogP contribution in [0.2, 0.25) is 5.02 Å². The Morgan fingerprint density at radius 2 is 1.91 bits per heavy atom. The molecule has 6 heteroatoms. The van der Waals surface area contributed by atoms with Crippen LogP contribution in [0.4, 0.5) is 10.1 Å². The van der Waals surface area contributed by atoms with Gasteiger partial charge in [0.2, 0.25) is 0 Å². The summed E-state index contributed by atoms with van der Waals surface area (Å²) in [7, 11) is 1.49. The number of hydrogen-bond acceptors (Lipinski definition) is 3. The maximum atomic E-state index is 13.8. The molecule has 0 saturated carbocycles. The number of anilines is 1. The second-order valence-electron chi connectivity index (χ2n) is 5.01. The van der Waals surface area contributed by atoms with Gasteiger partial charge in [-0.25, -0.2) is 4.39 Å². The van der Waals surface area contributed by atoms with Crippen LogP contribution < -0.4 is 10.1 Å². The highest BCUT2D eigenvalue weighted by atomic mass is 35.5. The Kier molecular flexibility index (Phi) is 5.01. The van der Waals surface area contributed by atoms with Crippen molar-refractivity contribution in [2.45, 2.75) is 13.8 Å². The smallest absolute Gasteiger partial charge is 0.255 e. The third kappa shape index (κ3) is 3.68. The highest BCUT2D eigenvalue weighted by Crippen LogP contribution is 2.29. The van der Waals surface area contributed by atoms with Gasteiger partial charge >= 0.3 is 0 Å². The predicted molar refractivity (Wildman–Crippen MR) is 87.1 cm³/mol. The molecule has 0 heterocycles. The topological polar surface area (TPSA) is 55.4 Å². The van der Waals surface area contributed by atoms with Gasteiger partial charge in [0, 0.05) is 11.3 Å². The minimum atomic E-state index is -0.681. The number of aryl methyl sites for hydroxylation is 1. The molecular formula is C17H15ClFNO3. The van der Waals surface area contributed by atoms with Crippen molar-refractivity contribution in [3.8, 4) is 5.75 Å². The maximum Gasteiger partial charge on any atom is 0.255 e. The third-order valence-electron chi connectivity index (χ3n) is 3.30. The molecule has 0 atom stereocenters. The number of halogens is 2. The van der Waals surface area contributed by atoms with Crippen LogP contribution in [0.5, 0.6) is 5.75 Å². The van der Waals surface area contributed by atoms with E-state index in [1.807, 2.05) is 0 Å². The molecule has 120 valence electrons. The van der Waals surface area contributed by atoms with Gasteiger partial charge in [-0.1, -0.05) is 11.6 Å². The summed E-state index contributed by atoms with van der Waals surface area (Å²) in [5.74, 6) is -0.995. The summed E-state index contributed by atoms with van der Waals surface area (Å²) in [6.45, 7) is 3.04. The fourth-order valence-electron chi connectivity index (χ4n) is 2.20. The molecule has 0 unspecified atom stereocenters. The van der Waals surface area contributed by atoms with Gasteiger partial charge in [-0.3, -0.25) is 9.59 Å².